The molecular formula is C15H23N3OS. The SMILES string of the molecule is Cc1ccc(N)cc1NC(=O)CCN1CCSCC1C. The molecule has 110 valence electrons. The lowest BCUT2D eigenvalue weighted by Gasteiger charge is -2.32. The number of hydrogen-bond donors (Lipinski definition) is 2. The number of amides is 1. The summed E-state index contributed by atoms with van der Waals surface area (Å²) in [4.78, 5) is 14.4. The minimum absolute atomic E-state index is 0.0594. The van der Waals surface area contributed by atoms with Crippen LogP contribution in [0.5, 0.6) is 0 Å². The Morgan fingerprint density at radius 1 is 1.55 bits per heavy atom. The van der Waals surface area contributed by atoms with Gasteiger partial charge in [-0.1, -0.05) is 6.07 Å². The number of thioether (sulfide) groups is 1. The molecule has 1 aromatic rings. The van der Waals surface area contributed by atoms with E-state index in [-0.39, 0.29) is 5.91 Å². The molecule has 4 nitrogen and oxygen atoms in total. The highest BCUT2D eigenvalue weighted by molar-refractivity contribution is 7.99. The van der Waals surface area contributed by atoms with E-state index in [1.54, 1.807) is 0 Å². The first-order chi connectivity index (χ1) is 9.56. The molecule has 0 aromatic heterocycles. The Balaban J connectivity index is 1.84. The molecule has 0 aliphatic carbocycles. The van der Waals surface area contributed by atoms with Crippen molar-refractivity contribution in [3.8, 4) is 0 Å². The zero-order chi connectivity index (χ0) is 14.5. The van der Waals surface area contributed by atoms with Gasteiger partial charge in [-0.3, -0.25) is 9.69 Å². The molecule has 1 aliphatic rings. The van der Waals surface area contributed by atoms with E-state index in [1.165, 1.54) is 5.75 Å². The number of nitrogens with zero attached hydrogens (tertiary/aromatic N) is 1. The van der Waals surface area contributed by atoms with Crippen molar-refractivity contribution in [2.75, 3.05) is 35.6 Å². The van der Waals surface area contributed by atoms with Gasteiger partial charge < -0.3 is 11.1 Å². The molecule has 1 heterocycles. The summed E-state index contributed by atoms with van der Waals surface area (Å²) < 4.78 is 0. The molecule has 1 atom stereocenters. The fourth-order valence-corrected chi connectivity index (χ4v) is 3.41. The molecule has 0 bridgehead atoms. The summed E-state index contributed by atoms with van der Waals surface area (Å²) in [6, 6.07) is 6.15. The van der Waals surface area contributed by atoms with Crippen LogP contribution in [-0.2, 0) is 4.79 Å². The average molecular weight is 293 g/mol. The van der Waals surface area contributed by atoms with Crippen LogP contribution >= 0.6 is 11.8 Å². The number of anilines is 2. The van der Waals surface area contributed by atoms with Crippen LogP contribution in [0, 0.1) is 6.92 Å². The Labute approximate surface area is 125 Å². The van der Waals surface area contributed by atoms with E-state index >= 15 is 0 Å². The second-order valence-electron chi connectivity index (χ2n) is 5.33. The molecule has 1 aliphatic heterocycles. The van der Waals surface area contributed by atoms with Crippen molar-refractivity contribution in [2.24, 2.45) is 0 Å². The standard InChI is InChI=1S/C15H23N3OS/c1-11-3-4-13(16)9-14(11)17-15(19)5-6-18-7-8-20-10-12(18)2/h3-4,9,12H,5-8,10,16H2,1-2H3,(H,17,19). The third-order valence-electron chi connectivity index (χ3n) is 3.67. The molecule has 2 rings (SSSR count). The maximum atomic E-state index is 12.0. The first kappa shape index (κ1) is 15.2. The summed E-state index contributed by atoms with van der Waals surface area (Å²) in [6.07, 6.45) is 0.531. The van der Waals surface area contributed by atoms with Crippen LogP contribution in [0.2, 0.25) is 0 Å². The lowest BCUT2D eigenvalue weighted by molar-refractivity contribution is -0.116. The first-order valence-electron chi connectivity index (χ1n) is 7.04. The van der Waals surface area contributed by atoms with Crippen LogP contribution in [0.25, 0.3) is 0 Å². The first-order valence-corrected chi connectivity index (χ1v) is 8.19. The minimum Gasteiger partial charge on any atom is -0.399 e. The summed E-state index contributed by atoms with van der Waals surface area (Å²) in [5.74, 6) is 2.39. The highest BCUT2D eigenvalue weighted by Crippen LogP contribution is 2.19. The lowest BCUT2D eigenvalue weighted by Crippen LogP contribution is -2.41. The molecular weight excluding hydrogens is 270 g/mol. The average Bonchev–Trinajstić information content (AvgIpc) is 2.42. The molecule has 0 saturated carbocycles. The van der Waals surface area contributed by atoms with Crippen LogP contribution in [-0.4, -0.2) is 41.4 Å². The number of carbonyl (C=O) groups is 1. The minimum atomic E-state index is 0.0594. The number of benzene rings is 1. The van der Waals surface area contributed by atoms with Gasteiger partial charge in [0, 0.05) is 48.4 Å². The second kappa shape index (κ2) is 6.99. The highest BCUT2D eigenvalue weighted by atomic mass is 32.2. The van der Waals surface area contributed by atoms with Crippen LogP contribution in [0.15, 0.2) is 18.2 Å². The number of carbonyl (C=O) groups excluding carboxylic acids is 1. The lowest BCUT2D eigenvalue weighted by atomic mass is 10.1. The molecule has 1 aromatic carbocycles. The summed E-state index contributed by atoms with van der Waals surface area (Å²) in [6.45, 7) is 6.11. The van der Waals surface area contributed by atoms with Gasteiger partial charge in [-0.25, -0.2) is 0 Å². The Kier molecular flexibility index (Phi) is 5.31. The molecule has 1 amide bonds. The smallest absolute Gasteiger partial charge is 0.225 e. The van der Waals surface area contributed by atoms with Gasteiger partial charge in [-0.05, 0) is 31.5 Å². The van der Waals surface area contributed by atoms with Crippen LogP contribution < -0.4 is 11.1 Å². The maximum absolute atomic E-state index is 12.0. The zero-order valence-corrected chi connectivity index (χ0v) is 13.0. The fourth-order valence-electron chi connectivity index (χ4n) is 2.33. The molecule has 3 N–H and O–H groups in total. The normalized spacial score (nSPS) is 19.8. The van der Waals surface area contributed by atoms with E-state index in [0.717, 1.165) is 30.1 Å². The summed E-state index contributed by atoms with van der Waals surface area (Å²) in [7, 11) is 0. The van der Waals surface area contributed by atoms with Gasteiger partial charge in [0.1, 0.15) is 0 Å². The van der Waals surface area contributed by atoms with Gasteiger partial charge in [0.25, 0.3) is 0 Å². The van der Waals surface area contributed by atoms with E-state index in [0.29, 0.717) is 18.2 Å². The monoisotopic (exact) mass is 293 g/mol. The predicted molar refractivity (Wildman–Crippen MR) is 87.2 cm³/mol. The second-order valence-corrected chi connectivity index (χ2v) is 6.48. The van der Waals surface area contributed by atoms with Gasteiger partial charge in [0.15, 0.2) is 0 Å². The van der Waals surface area contributed by atoms with E-state index in [2.05, 4.69) is 17.1 Å². The third-order valence-corrected chi connectivity index (χ3v) is 4.86. The number of nitrogens with two attached hydrogens (primary N) is 1. The van der Waals surface area contributed by atoms with Gasteiger partial charge in [-0.15, -0.1) is 0 Å². The van der Waals surface area contributed by atoms with Crippen LogP contribution in [0.3, 0.4) is 0 Å². The maximum Gasteiger partial charge on any atom is 0.225 e. The van der Waals surface area contributed by atoms with E-state index in [9.17, 15) is 4.79 Å². The molecule has 0 radical (unpaired) electrons. The fraction of sp³-hybridized carbons (Fsp3) is 0.533. The molecule has 1 saturated heterocycles. The van der Waals surface area contributed by atoms with Crippen molar-refractivity contribution in [3.63, 3.8) is 0 Å². The Morgan fingerprint density at radius 2 is 2.35 bits per heavy atom. The van der Waals surface area contributed by atoms with Gasteiger partial charge in [0.2, 0.25) is 5.91 Å². The summed E-state index contributed by atoms with van der Waals surface area (Å²) >= 11 is 1.99. The molecule has 20 heavy (non-hydrogen) atoms. The van der Waals surface area contributed by atoms with Gasteiger partial charge in [0.05, 0.1) is 0 Å². The largest absolute Gasteiger partial charge is 0.399 e. The van der Waals surface area contributed by atoms with Gasteiger partial charge >= 0.3 is 0 Å². The van der Waals surface area contributed by atoms with Crippen LogP contribution in [0.4, 0.5) is 11.4 Å². The predicted octanol–water partition coefficient (Wildman–Crippen LogP) is 2.34. The number of nitrogen functional groups attached to an aromatic ring is 1. The number of nitrogens with one attached hydrogen (secondary N) is 1. The Bertz CT molecular complexity index is 478. The van der Waals surface area contributed by atoms with Crippen molar-refractivity contribution in [1.29, 1.82) is 0 Å². The van der Waals surface area contributed by atoms with E-state index in [4.69, 9.17) is 5.73 Å². The molecule has 1 unspecified atom stereocenters. The zero-order valence-electron chi connectivity index (χ0n) is 12.2. The summed E-state index contributed by atoms with van der Waals surface area (Å²) in [5.41, 5.74) is 8.28. The topological polar surface area (TPSA) is 58.4 Å². The number of hydrogen-bond acceptors (Lipinski definition) is 4. The van der Waals surface area contributed by atoms with Crippen molar-refractivity contribution >= 4 is 29.0 Å². The Morgan fingerprint density at radius 3 is 3.10 bits per heavy atom. The quantitative estimate of drug-likeness (QED) is 0.837. The van der Waals surface area contributed by atoms with E-state index in [1.807, 2.05) is 36.9 Å². The Hall–Kier alpha value is -1.20. The van der Waals surface area contributed by atoms with Crippen LogP contribution in [0.1, 0.15) is 18.9 Å². The molecule has 0 spiro atoms. The van der Waals surface area contributed by atoms with Crippen molar-refractivity contribution in [1.82, 2.24) is 4.90 Å². The van der Waals surface area contributed by atoms with Gasteiger partial charge in [-0.2, -0.15) is 11.8 Å². The van der Waals surface area contributed by atoms with E-state index < -0.39 is 0 Å². The molecule has 1 fully saturated rings. The number of rotatable bonds is 4. The van der Waals surface area contributed by atoms with Crippen molar-refractivity contribution < 1.29 is 4.79 Å². The molecule has 5 heteroatoms. The summed E-state index contributed by atoms with van der Waals surface area (Å²) in [5, 5.41) is 2.95. The third kappa shape index (κ3) is 4.15. The number of aryl methyl sites for hydroxylation is 1. The van der Waals surface area contributed by atoms with Crippen molar-refractivity contribution in [3.05, 3.63) is 23.8 Å². The highest BCUT2D eigenvalue weighted by Gasteiger charge is 2.19. The van der Waals surface area contributed by atoms with Crippen molar-refractivity contribution in [2.45, 2.75) is 26.3 Å².